The Hall–Kier alpha value is -2.50. The maximum absolute atomic E-state index is 13.1. The highest BCUT2D eigenvalue weighted by Crippen LogP contribution is 2.33. The van der Waals surface area contributed by atoms with Gasteiger partial charge in [0.05, 0.1) is 6.04 Å². The molecule has 26 heavy (non-hydrogen) atoms. The molecule has 0 radical (unpaired) electrons. The molecule has 2 aliphatic rings. The number of likely N-dealkylation sites (tertiary alicyclic amines) is 1. The number of aryl methyl sites for hydroxylation is 1. The summed E-state index contributed by atoms with van der Waals surface area (Å²) in [5.74, 6) is 1.88. The van der Waals surface area contributed by atoms with Crippen molar-refractivity contribution in [1.82, 2.24) is 19.9 Å². The highest BCUT2D eigenvalue weighted by Gasteiger charge is 2.32. The number of carbonyl (C=O) groups excluding carboxylic acids is 1. The zero-order chi connectivity index (χ0) is 18.1. The standard InChI is InChI=1S/C20H25N5O/c1-14-16-6-5-12-24(2)19(16)23-18(22-14)17-7-3-4-13-25(17)20(26)15-8-10-21-11-9-15/h8-11,17H,3-7,12-13H2,1-2H3. The van der Waals surface area contributed by atoms with Crippen molar-refractivity contribution in [3.05, 3.63) is 47.2 Å². The first-order valence-electron chi connectivity index (χ1n) is 9.44. The summed E-state index contributed by atoms with van der Waals surface area (Å²) in [6.07, 6.45) is 8.55. The number of nitrogens with zero attached hydrogens (tertiary/aromatic N) is 5. The number of pyridine rings is 1. The van der Waals surface area contributed by atoms with Crippen molar-refractivity contribution in [2.75, 3.05) is 25.0 Å². The maximum atomic E-state index is 13.1. The third-order valence-electron chi connectivity index (χ3n) is 5.48. The summed E-state index contributed by atoms with van der Waals surface area (Å²) in [6, 6.07) is 3.50. The van der Waals surface area contributed by atoms with Crippen molar-refractivity contribution in [2.45, 2.75) is 45.1 Å². The lowest BCUT2D eigenvalue weighted by Crippen LogP contribution is -2.40. The van der Waals surface area contributed by atoms with E-state index in [-0.39, 0.29) is 11.9 Å². The summed E-state index contributed by atoms with van der Waals surface area (Å²) in [6.45, 7) is 3.84. The van der Waals surface area contributed by atoms with E-state index in [4.69, 9.17) is 9.97 Å². The van der Waals surface area contributed by atoms with Gasteiger partial charge in [-0.15, -0.1) is 0 Å². The van der Waals surface area contributed by atoms with Crippen molar-refractivity contribution in [3.63, 3.8) is 0 Å². The summed E-state index contributed by atoms with van der Waals surface area (Å²) in [5.41, 5.74) is 2.99. The van der Waals surface area contributed by atoms with E-state index in [9.17, 15) is 4.79 Å². The number of anilines is 1. The van der Waals surface area contributed by atoms with Crippen LogP contribution in [0.25, 0.3) is 0 Å². The van der Waals surface area contributed by atoms with Crippen LogP contribution in [0, 0.1) is 6.92 Å². The predicted molar refractivity (Wildman–Crippen MR) is 100 cm³/mol. The van der Waals surface area contributed by atoms with Crippen molar-refractivity contribution in [1.29, 1.82) is 0 Å². The number of carbonyl (C=O) groups is 1. The Morgan fingerprint density at radius 1 is 1.12 bits per heavy atom. The molecule has 0 aromatic carbocycles. The van der Waals surface area contributed by atoms with E-state index in [1.54, 1.807) is 24.5 Å². The first-order valence-corrected chi connectivity index (χ1v) is 9.44. The molecule has 1 saturated heterocycles. The SMILES string of the molecule is Cc1nc(C2CCCCN2C(=O)c2ccncc2)nc2c1CCCN2C. The van der Waals surface area contributed by atoms with Gasteiger partial charge in [0, 0.05) is 49.4 Å². The van der Waals surface area contributed by atoms with Crippen molar-refractivity contribution in [2.24, 2.45) is 0 Å². The molecule has 2 aromatic rings. The summed E-state index contributed by atoms with van der Waals surface area (Å²) >= 11 is 0. The zero-order valence-corrected chi connectivity index (χ0v) is 15.5. The molecular weight excluding hydrogens is 326 g/mol. The molecule has 0 aliphatic carbocycles. The van der Waals surface area contributed by atoms with Crippen LogP contribution in [-0.4, -0.2) is 45.9 Å². The molecule has 4 rings (SSSR count). The van der Waals surface area contributed by atoms with E-state index in [1.807, 2.05) is 4.90 Å². The Bertz CT molecular complexity index is 807. The molecule has 6 heteroatoms. The Morgan fingerprint density at radius 2 is 1.92 bits per heavy atom. The smallest absolute Gasteiger partial charge is 0.254 e. The second-order valence-electron chi connectivity index (χ2n) is 7.24. The highest BCUT2D eigenvalue weighted by molar-refractivity contribution is 5.94. The summed E-state index contributed by atoms with van der Waals surface area (Å²) < 4.78 is 0. The van der Waals surface area contributed by atoms with Gasteiger partial charge >= 0.3 is 0 Å². The lowest BCUT2D eigenvalue weighted by Gasteiger charge is -2.36. The van der Waals surface area contributed by atoms with Crippen LogP contribution in [0.3, 0.4) is 0 Å². The largest absolute Gasteiger partial charge is 0.359 e. The molecule has 4 heterocycles. The van der Waals surface area contributed by atoms with Crippen LogP contribution < -0.4 is 4.90 Å². The Morgan fingerprint density at radius 3 is 2.73 bits per heavy atom. The van der Waals surface area contributed by atoms with Gasteiger partial charge in [0.1, 0.15) is 5.82 Å². The molecule has 0 bridgehead atoms. The van der Waals surface area contributed by atoms with Crippen LogP contribution in [0.5, 0.6) is 0 Å². The van der Waals surface area contributed by atoms with Crippen molar-refractivity contribution in [3.8, 4) is 0 Å². The first-order chi connectivity index (χ1) is 12.6. The van der Waals surface area contributed by atoms with Gasteiger partial charge in [0.2, 0.25) is 0 Å². The van der Waals surface area contributed by atoms with Crippen molar-refractivity contribution >= 4 is 11.7 Å². The number of aromatic nitrogens is 3. The Labute approximate surface area is 154 Å². The van der Waals surface area contributed by atoms with Gasteiger partial charge in [0.15, 0.2) is 5.82 Å². The van der Waals surface area contributed by atoms with Crippen molar-refractivity contribution < 1.29 is 4.79 Å². The minimum atomic E-state index is -0.0521. The summed E-state index contributed by atoms with van der Waals surface area (Å²) in [5, 5.41) is 0. The second-order valence-corrected chi connectivity index (χ2v) is 7.24. The molecule has 1 amide bonds. The van der Waals surface area contributed by atoms with Crippen LogP contribution in [-0.2, 0) is 6.42 Å². The molecule has 136 valence electrons. The normalized spacial score (nSPS) is 20.0. The van der Waals surface area contributed by atoms with Crippen LogP contribution in [0.2, 0.25) is 0 Å². The van der Waals surface area contributed by atoms with Crippen LogP contribution in [0.4, 0.5) is 5.82 Å². The highest BCUT2D eigenvalue weighted by atomic mass is 16.2. The van der Waals surface area contributed by atoms with E-state index < -0.39 is 0 Å². The van der Waals surface area contributed by atoms with E-state index in [0.717, 1.165) is 62.5 Å². The predicted octanol–water partition coefficient (Wildman–Crippen LogP) is 2.93. The Kier molecular flexibility index (Phi) is 4.57. The quantitative estimate of drug-likeness (QED) is 0.832. The van der Waals surface area contributed by atoms with Gasteiger partial charge in [-0.25, -0.2) is 9.97 Å². The fourth-order valence-electron chi connectivity index (χ4n) is 4.06. The minimum absolute atomic E-state index is 0.0458. The number of rotatable bonds is 2. The average molecular weight is 351 g/mol. The summed E-state index contributed by atoms with van der Waals surface area (Å²) in [7, 11) is 2.09. The number of hydrogen-bond donors (Lipinski definition) is 0. The topological polar surface area (TPSA) is 62.2 Å². The van der Waals surface area contributed by atoms with E-state index in [2.05, 4.69) is 23.9 Å². The van der Waals surface area contributed by atoms with Gasteiger partial charge in [-0.2, -0.15) is 0 Å². The second kappa shape index (κ2) is 7.02. The third kappa shape index (κ3) is 3.04. The first kappa shape index (κ1) is 16.9. The number of fused-ring (bicyclic) bond motifs is 1. The fourth-order valence-corrected chi connectivity index (χ4v) is 4.06. The van der Waals surface area contributed by atoms with E-state index in [0.29, 0.717) is 5.56 Å². The Balaban J connectivity index is 1.70. The van der Waals surface area contributed by atoms with Gasteiger partial charge in [-0.3, -0.25) is 9.78 Å². The lowest BCUT2D eigenvalue weighted by molar-refractivity contribution is 0.0599. The van der Waals surface area contributed by atoms with Gasteiger partial charge < -0.3 is 9.80 Å². The molecular formula is C20H25N5O. The lowest BCUT2D eigenvalue weighted by atomic mass is 9.99. The molecule has 2 aromatic heterocycles. The fraction of sp³-hybridized carbons (Fsp3) is 0.500. The molecule has 6 nitrogen and oxygen atoms in total. The van der Waals surface area contributed by atoms with Gasteiger partial charge in [0.25, 0.3) is 5.91 Å². The minimum Gasteiger partial charge on any atom is -0.359 e. The molecule has 1 fully saturated rings. The van der Waals surface area contributed by atoms with E-state index in [1.165, 1.54) is 5.56 Å². The molecule has 1 atom stereocenters. The maximum Gasteiger partial charge on any atom is 0.254 e. The van der Waals surface area contributed by atoms with Crippen LogP contribution in [0.1, 0.15) is 59.2 Å². The molecule has 0 saturated carbocycles. The monoisotopic (exact) mass is 351 g/mol. The molecule has 0 spiro atoms. The van der Waals surface area contributed by atoms with E-state index >= 15 is 0 Å². The molecule has 2 aliphatic heterocycles. The summed E-state index contributed by atoms with van der Waals surface area (Å²) in [4.78, 5) is 31.0. The number of hydrogen-bond acceptors (Lipinski definition) is 5. The third-order valence-corrected chi connectivity index (χ3v) is 5.48. The van der Waals surface area contributed by atoms with Crippen LogP contribution in [0.15, 0.2) is 24.5 Å². The van der Waals surface area contributed by atoms with Gasteiger partial charge in [-0.05, 0) is 51.2 Å². The number of amides is 1. The molecule has 0 N–H and O–H groups in total. The zero-order valence-electron chi connectivity index (χ0n) is 15.5. The van der Waals surface area contributed by atoms with Gasteiger partial charge in [-0.1, -0.05) is 0 Å². The molecule has 1 unspecified atom stereocenters. The van der Waals surface area contributed by atoms with Crippen LogP contribution >= 0.6 is 0 Å². The average Bonchev–Trinajstić information content (AvgIpc) is 2.69. The number of piperidine rings is 1.